The van der Waals surface area contributed by atoms with Gasteiger partial charge in [0.25, 0.3) is 11.5 Å². The average molecular weight is 420 g/mol. The summed E-state index contributed by atoms with van der Waals surface area (Å²) in [4.78, 5) is 29.7. The molecular formula is C21H20N6O2S. The van der Waals surface area contributed by atoms with Gasteiger partial charge in [0.1, 0.15) is 12.0 Å². The number of anilines is 1. The van der Waals surface area contributed by atoms with Crippen LogP contribution in [0.4, 0.5) is 5.69 Å². The molecule has 30 heavy (non-hydrogen) atoms. The van der Waals surface area contributed by atoms with Crippen molar-refractivity contribution in [3.8, 4) is 5.69 Å². The molecule has 4 aromatic rings. The number of carbonyl (C=O) groups excluding carboxylic acids is 1. The number of thioether (sulfide) groups is 1. The smallest absolute Gasteiger partial charge is 0.295 e. The highest BCUT2D eigenvalue weighted by Gasteiger charge is 2.18. The highest BCUT2D eigenvalue weighted by molar-refractivity contribution is 7.98. The van der Waals surface area contributed by atoms with Crippen molar-refractivity contribution >= 4 is 23.4 Å². The van der Waals surface area contributed by atoms with Crippen molar-refractivity contribution < 1.29 is 4.79 Å². The van der Waals surface area contributed by atoms with Crippen molar-refractivity contribution in [1.82, 2.24) is 24.5 Å². The summed E-state index contributed by atoms with van der Waals surface area (Å²) in [6.07, 6.45) is 1.47. The fourth-order valence-electron chi connectivity index (χ4n) is 3.07. The normalized spacial score (nSPS) is 10.9. The van der Waals surface area contributed by atoms with E-state index in [1.807, 2.05) is 42.5 Å². The van der Waals surface area contributed by atoms with Crippen LogP contribution in [-0.2, 0) is 12.8 Å². The van der Waals surface area contributed by atoms with E-state index in [2.05, 4.69) is 20.5 Å². The van der Waals surface area contributed by atoms with E-state index in [0.29, 0.717) is 17.0 Å². The lowest BCUT2D eigenvalue weighted by molar-refractivity contribution is 0.102. The highest BCUT2D eigenvalue weighted by atomic mass is 32.2. The van der Waals surface area contributed by atoms with Crippen molar-refractivity contribution in [3.05, 3.63) is 88.1 Å². The van der Waals surface area contributed by atoms with Gasteiger partial charge in [0.05, 0.1) is 11.4 Å². The molecule has 0 aliphatic heterocycles. The summed E-state index contributed by atoms with van der Waals surface area (Å²) < 4.78 is 3.27. The van der Waals surface area contributed by atoms with Crippen LogP contribution < -0.4 is 10.9 Å². The molecule has 2 heterocycles. The first-order valence-corrected chi connectivity index (χ1v) is 10.3. The van der Waals surface area contributed by atoms with E-state index >= 15 is 0 Å². The van der Waals surface area contributed by atoms with Crippen molar-refractivity contribution in [1.29, 1.82) is 0 Å². The monoisotopic (exact) mass is 420 g/mol. The number of H-pyrrole nitrogens is 1. The van der Waals surface area contributed by atoms with E-state index in [1.165, 1.54) is 22.8 Å². The van der Waals surface area contributed by atoms with Gasteiger partial charge in [0, 0.05) is 18.4 Å². The first kappa shape index (κ1) is 19.7. The number of aromatic nitrogens is 5. The van der Waals surface area contributed by atoms with Crippen LogP contribution in [0.15, 0.2) is 70.9 Å². The van der Waals surface area contributed by atoms with Gasteiger partial charge in [-0.2, -0.15) is 5.10 Å². The number of hydrogen-bond acceptors (Lipinski definition) is 5. The number of amides is 1. The second-order valence-corrected chi connectivity index (χ2v) is 7.63. The summed E-state index contributed by atoms with van der Waals surface area (Å²) in [5.41, 5.74) is 2.96. The molecule has 0 bridgehead atoms. The molecule has 0 saturated heterocycles. The van der Waals surface area contributed by atoms with Crippen LogP contribution in [0.25, 0.3) is 5.69 Å². The Kier molecular flexibility index (Phi) is 5.53. The number of aromatic amines is 1. The SMILES string of the molecule is Cc1c(NC(=O)c2ccc(CSc3ncn[nH]3)cc2)c(=O)n(-c2ccccc2)n1C. The molecule has 2 aromatic carbocycles. The summed E-state index contributed by atoms with van der Waals surface area (Å²) in [5.74, 6) is 0.381. The number of rotatable bonds is 6. The van der Waals surface area contributed by atoms with Gasteiger partial charge >= 0.3 is 0 Å². The van der Waals surface area contributed by atoms with Crippen molar-refractivity contribution in [3.63, 3.8) is 0 Å². The van der Waals surface area contributed by atoms with Crippen LogP contribution in [-0.4, -0.2) is 30.5 Å². The van der Waals surface area contributed by atoms with E-state index in [-0.39, 0.29) is 17.2 Å². The van der Waals surface area contributed by atoms with E-state index in [9.17, 15) is 9.59 Å². The first-order valence-electron chi connectivity index (χ1n) is 9.27. The summed E-state index contributed by atoms with van der Waals surface area (Å²) >= 11 is 1.53. The minimum Gasteiger partial charge on any atom is -0.316 e. The number of benzene rings is 2. The molecule has 0 aliphatic rings. The molecule has 2 aromatic heterocycles. The number of para-hydroxylation sites is 1. The zero-order valence-corrected chi connectivity index (χ0v) is 17.3. The molecule has 0 spiro atoms. The summed E-state index contributed by atoms with van der Waals surface area (Å²) in [6.45, 7) is 1.81. The Hall–Kier alpha value is -3.59. The summed E-state index contributed by atoms with van der Waals surface area (Å²) in [6, 6.07) is 16.6. The standard InChI is InChI=1S/C21H20N6O2S/c1-14-18(20(29)27(26(14)2)17-6-4-3-5-7-17)24-19(28)16-10-8-15(9-11-16)12-30-21-22-13-23-25-21/h3-11,13H,12H2,1-2H3,(H,24,28)(H,22,23,25). The van der Waals surface area contributed by atoms with E-state index in [1.54, 1.807) is 30.8 Å². The Morgan fingerprint density at radius 2 is 1.87 bits per heavy atom. The molecule has 4 rings (SSSR count). The summed E-state index contributed by atoms with van der Waals surface area (Å²) in [7, 11) is 1.79. The second-order valence-electron chi connectivity index (χ2n) is 6.67. The molecule has 8 nitrogen and oxygen atoms in total. The summed E-state index contributed by atoms with van der Waals surface area (Å²) in [5, 5.41) is 10.1. The molecule has 0 unspecified atom stereocenters. The third-order valence-electron chi connectivity index (χ3n) is 4.78. The molecule has 0 radical (unpaired) electrons. The highest BCUT2D eigenvalue weighted by Crippen LogP contribution is 2.19. The van der Waals surface area contributed by atoms with Crippen LogP contribution >= 0.6 is 11.8 Å². The molecule has 2 N–H and O–H groups in total. The zero-order valence-electron chi connectivity index (χ0n) is 16.5. The lowest BCUT2D eigenvalue weighted by Gasteiger charge is -2.07. The minimum absolute atomic E-state index is 0.269. The maximum Gasteiger partial charge on any atom is 0.295 e. The van der Waals surface area contributed by atoms with E-state index in [4.69, 9.17) is 0 Å². The third kappa shape index (κ3) is 3.92. The molecule has 0 aliphatic carbocycles. The Morgan fingerprint density at radius 1 is 1.13 bits per heavy atom. The van der Waals surface area contributed by atoms with Crippen molar-refractivity contribution in [2.75, 3.05) is 5.32 Å². The molecule has 0 fully saturated rings. The second kappa shape index (κ2) is 8.42. The van der Waals surface area contributed by atoms with Crippen LogP contribution in [0.5, 0.6) is 0 Å². The number of carbonyl (C=O) groups is 1. The molecule has 9 heteroatoms. The zero-order chi connectivity index (χ0) is 21.1. The predicted molar refractivity (Wildman–Crippen MR) is 116 cm³/mol. The van der Waals surface area contributed by atoms with E-state index in [0.717, 1.165) is 16.4 Å². The van der Waals surface area contributed by atoms with Gasteiger partial charge in [-0.3, -0.25) is 19.4 Å². The number of nitrogens with one attached hydrogen (secondary N) is 2. The Morgan fingerprint density at radius 3 is 2.53 bits per heavy atom. The number of nitrogens with zero attached hydrogens (tertiary/aromatic N) is 4. The Balaban J connectivity index is 1.51. The van der Waals surface area contributed by atoms with Gasteiger partial charge < -0.3 is 5.32 Å². The minimum atomic E-state index is -0.324. The van der Waals surface area contributed by atoms with Gasteiger partial charge in [-0.1, -0.05) is 42.1 Å². The maximum absolute atomic E-state index is 12.9. The Bertz CT molecular complexity index is 1210. The molecule has 0 saturated carbocycles. The van der Waals surface area contributed by atoms with Crippen molar-refractivity contribution in [2.45, 2.75) is 17.8 Å². The van der Waals surface area contributed by atoms with Crippen LogP contribution in [0.2, 0.25) is 0 Å². The van der Waals surface area contributed by atoms with Crippen molar-refractivity contribution in [2.24, 2.45) is 7.05 Å². The Labute approximate surface area is 176 Å². The molecule has 1 amide bonds. The van der Waals surface area contributed by atoms with Gasteiger partial charge in [-0.05, 0) is 36.8 Å². The fourth-order valence-corrected chi connectivity index (χ4v) is 3.80. The van der Waals surface area contributed by atoms with Crippen LogP contribution in [0.1, 0.15) is 21.6 Å². The van der Waals surface area contributed by atoms with Crippen LogP contribution in [0.3, 0.4) is 0 Å². The average Bonchev–Trinajstić information content (AvgIpc) is 3.36. The quantitative estimate of drug-likeness (QED) is 0.467. The topological polar surface area (TPSA) is 97.6 Å². The first-order chi connectivity index (χ1) is 14.5. The molecule has 152 valence electrons. The molecule has 0 atom stereocenters. The lowest BCUT2D eigenvalue weighted by Crippen LogP contribution is -2.22. The molecular weight excluding hydrogens is 400 g/mol. The number of hydrogen-bond donors (Lipinski definition) is 2. The predicted octanol–water partition coefficient (Wildman–Crippen LogP) is 3.15. The van der Waals surface area contributed by atoms with E-state index < -0.39 is 0 Å². The van der Waals surface area contributed by atoms with Gasteiger partial charge in [0.15, 0.2) is 5.16 Å². The van der Waals surface area contributed by atoms with Gasteiger partial charge in [-0.25, -0.2) is 9.67 Å². The lowest BCUT2D eigenvalue weighted by atomic mass is 10.1. The third-order valence-corrected chi connectivity index (χ3v) is 5.73. The maximum atomic E-state index is 12.9. The fraction of sp³-hybridized carbons (Fsp3) is 0.143. The van der Waals surface area contributed by atoms with Gasteiger partial charge in [-0.15, -0.1) is 0 Å². The largest absolute Gasteiger partial charge is 0.316 e. The van der Waals surface area contributed by atoms with Gasteiger partial charge in [0.2, 0.25) is 0 Å². The van der Waals surface area contributed by atoms with Crippen LogP contribution in [0, 0.1) is 6.92 Å².